The first-order chi connectivity index (χ1) is 22.0. The van der Waals surface area contributed by atoms with Crippen LogP contribution >= 0.6 is 11.6 Å². The molecule has 13 heteroatoms. The van der Waals surface area contributed by atoms with Crippen molar-refractivity contribution in [3.05, 3.63) is 82.2 Å². The number of piperidine rings is 1. The highest BCUT2D eigenvalue weighted by Gasteiger charge is 2.44. The summed E-state index contributed by atoms with van der Waals surface area (Å²) in [6.07, 6.45) is 3.21. The third-order valence-electron chi connectivity index (χ3n) is 9.25. The number of benzene rings is 1. The van der Waals surface area contributed by atoms with E-state index in [1.165, 1.54) is 0 Å². The molecule has 3 aliphatic rings. The number of aromatic amines is 1. The van der Waals surface area contributed by atoms with E-state index in [4.69, 9.17) is 30.8 Å². The van der Waals surface area contributed by atoms with Crippen LogP contribution in [0.3, 0.4) is 0 Å². The summed E-state index contributed by atoms with van der Waals surface area (Å²) in [5, 5.41) is 6.37. The van der Waals surface area contributed by atoms with Gasteiger partial charge >= 0.3 is 6.18 Å². The summed E-state index contributed by atoms with van der Waals surface area (Å²) < 4.78 is 57.7. The number of H-pyrrole nitrogens is 1. The van der Waals surface area contributed by atoms with E-state index >= 15 is 0 Å². The second-order valence-corrected chi connectivity index (χ2v) is 13.1. The molecule has 0 spiro atoms. The summed E-state index contributed by atoms with van der Waals surface area (Å²) >= 11 is 6.04. The van der Waals surface area contributed by atoms with E-state index in [1.807, 2.05) is 36.3 Å². The summed E-state index contributed by atoms with van der Waals surface area (Å²) in [5.74, 6) is -0.439. The lowest BCUT2D eigenvalue weighted by Crippen LogP contribution is -2.34. The molecule has 242 valence electrons. The maximum atomic E-state index is 13.2. The third kappa shape index (κ3) is 6.17. The number of para-hydroxylation sites is 1. The van der Waals surface area contributed by atoms with Crippen molar-refractivity contribution >= 4 is 11.6 Å². The SMILES string of the molecule is COCC1(Cc2cc(-c3n[nH]c(C(F)(F)F)n3)cnc2CN2CCC(c3cccc4c3OC(C)(c3ccc(Cl)cn3)O4)CC2)CC1. The number of fused-ring (bicyclic) bond motifs is 1. The van der Waals surface area contributed by atoms with Crippen LogP contribution in [0.25, 0.3) is 11.4 Å². The van der Waals surface area contributed by atoms with Gasteiger partial charge in [0.25, 0.3) is 5.79 Å². The number of hydrogen-bond donors (Lipinski definition) is 1. The first-order valence-electron chi connectivity index (χ1n) is 15.4. The number of ether oxygens (including phenoxy) is 3. The number of aromatic nitrogens is 5. The zero-order valence-corrected chi connectivity index (χ0v) is 26.3. The fourth-order valence-electron chi connectivity index (χ4n) is 6.57. The lowest BCUT2D eigenvalue weighted by molar-refractivity contribution is -0.144. The van der Waals surface area contributed by atoms with Crippen LogP contribution in [0.4, 0.5) is 13.2 Å². The predicted octanol–water partition coefficient (Wildman–Crippen LogP) is 6.93. The zero-order valence-electron chi connectivity index (χ0n) is 25.5. The van der Waals surface area contributed by atoms with Crippen LogP contribution in [0.1, 0.15) is 66.9 Å². The van der Waals surface area contributed by atoms with Crippen molar-refractivity contribution in [2.75, 3.05) is 26.8 Å². The van der Waals surface area contributed by atoms with Crippen LogP contribution in [-0.4, -0.2) is 56.9 Å². The molecule has 4 aromatic rings. The molecular formula is C33H34ClF3N6O3. The molecule has 2 aliphatic heterocycles. The first-order valence-corrected chi connectivity index (χ1v) is 15.7. The van der Waals surface area contributed by atoms with Crippen LogP contribution in [0.2, 0.25) is 5.02 Å². The molecule has 7 rings (SSSR count). The van der Waals surface area contributed by atoms with Crippen molar-refractivity contribution < 1.29 is 27.4 Å². The van der Waals surface area contributed by atoms with Crippen molar-refractivity contribution in [2.45, 2.75) is 63.5 Å². The van der Waals surface area contributed by atoms with Crippen molar-refractivity contribution in [3.8, 4) is 22.9 Å². The Morgan fingerprint density at radius 3 is 2.57 bits per heavy atom. The molecule has 46 heavy (non-hydrogen) atoms. The number of alkyl halides is 3. The van der Waals surface area contributed by atoms with E-state index in [2.05, 4.69) is 26.0 Å². The van der Waals surface area contributed by atoms with E-state index in [0.717, 1.165) is 67.8 Å². The van der Waals surface area contributed by atoms with Crippen LogP contribution in [-0.2, 0) is 29.7 Å². The highest BCUT2D eigenvalue weighted by atomic mass is 35.5. The van der Waals surface area contributed by atoms with E-state index in [1.54, 1.807) is 25.6 Å². The summed E-state index contributed by atoms with van der Waals surface area (Å²) in [6.45, 7) is 4.84. The smallest absolute Gasteiger partial charge is 0.443 e. The molecule has 1 saturated heterocycles. The minimum absolute atomic E-state index is 0.0189. The standard InChI is InChI=1S/C33H34ClF3N6O3/c1-31(27-7-6-23(34)17-39-27)45-26-5-3-4-24(28(26)46-31)20-8-12-43(13-9-20)18-25-21(15-32(10-11-32)19-44-2)14-22(16-38-25)29-40-30(42-41-29)33(35,36)37/h3-7,14,16-17,20H,8-13,15,18-19H2,1-2H3,(H,40,41,42). The fourth-order valence-corrected chi connectivity index (χ4v) is 6.68. The van der Waals surface area contributed by atoms with Gasteiger partial charge < -0.3 is 14.2 Å². The summed E-state index contributed by atoms with van der Waals surface area (Å²) in [5.41, 5.74) is 4.16. The molecule has 9 nitrogen and oxygen atoms in total. The average Bonchev–Trinajstić information content (AvgIpc) is 3.42. The van der Waals surface area contributed by atoms with Crippen molar-refractivity contribution in [1.82, 2.24) is 30.0 Å². The lowest BCUT2D eigenvalue weighted by atomic mass is 9.88. The Hall–Kier alpha value is -3.74. The highest BCUT2D eigenvalue weighted by Crippen LogP contribution is 2.50. The normalized spacial score (nSPS) is 21.1. The van der Waals surface area contributed by atoms with Gasteiger partial charge in [-0.25, -0.2) is 4.98 Å². The number of nitrogens with zero attached hydrogens (tertiary/aromatic N) is 5. The maximum absolute atomic E-state index is 13.2. The Balaban J connectivity index is 1.06. The molecule has 1 aliphatic carbocycles. The molecule has 1 atom stereocenters. The lowest BCUT2D eigenvalue weighted by Gasteiger charge is -2.33. The number of methoxy groups -OCH3 is 1. The molecule has 1 N–H and O–H groups in total. The summed E-state index contributed by atoms with van der Waals surface area (Å²) in [7, 11) is 1.69. The number of hydrogen-bond acceptors (Lipinski definition) is 8. The molecule has 1 unspecified atom stereocenters. The predicted molar refractivity (Wildman–Crippen MR) is 163 cm³/mol. The molecular weight excluding hydrogens is 621 g/mol. The monoisotopic (exact) mass is 654 g/mol. The number of halogens is 4. The van der Waals surface area contributed by atoms with Crippen molar-refractivity contribution in [1.29, 1.82) is 0 Å². The van der Waals surface area contributed by atoms with Crippen LogP contribution in [0, 0.1) is 5.41 Å². The van der Waals surface area contributed by atoms with Gasteiger partial charge in [0.05, 0.1) is 17.3 Å². The van der Waals surface area contributed by atoms with Gasteiger partial charge in [0.1, 0.15) is 5.69 Å². The van der Waals surface area contributed by atoms with Crippen LogP contribution in [0.15, 0.2) is 48.8 Å². The molecule has 1 saturated carbocycles. The van der Waals surface area contributed by atoms with Gasteiger partial charge in [-0.3, -0.25) is 20.0 Å². The van der Waals surface area contributed by atoms with Crippen LogP contribution in [0.5, 0.6) is 11.5 Å². The fraction of sp³-hybridized carbons (Fsp3) is 0.455. The van der Waals surface area contributed by atoms with Gasteiger partial charge in [-0.15, -0.1) is 0 Å². The topological polar surface area (TPSA) is 98.3 Å². The van der Waals surface area contributed by atoms with Crippen LogP contribution < -0.4 is 9.47 Å². The summed E-state index contributed by atoms with van der Waals surface area (Å²) in [6, 6.07) is 11.5. The van der Waals surface area contributed by atoms with Crippen molar-refractivity contribution in [3.63, 3.8) is 0 Å². The number of rotatable bonds is 9. The van der Waals surface area contributed by atoms with Gasteiger partial charge in [-0.05, 0) is 86.4 Å². The minimum atomic E-state index is -4.60. The number of nitrogens with one attached hydrogen (secondary N) is 1. The zero-order chi connectivity index (χ0) is 32.1. The van der Waals surface area contributed by atoms with E-state index in [-0.39, 0.29) is 17.2 Å². The van der Waals surface area contributed by atoms with E-state index < -0.39 is 17.8 Å². The second kappa shape index (κ2) is 11.8. The molecule has 0 amide bonds. The Bertz CT molecular complexity index is 1720. The van der Waals surface area contributed by atoms with E-state index in [0.29, 0.717) is 35.2 Å². The van der Waals surface area contributed by atoms with Gasteiger partial charge in [0.15, 0.2) is 17.3 Å². The average molecular weight is 655 g/mol. The van der Waals surface area contributed by atoms with Crippen molar-refractivity contribution in [2.24, 2.45) is 5.41 Å². The first kappa shape index (κ1) is 30.9. The second-order valence-electron chi connectivity index (χ2n) is 12.7. The Morgan fingerprint density at radius 1 is 1.09 bits per heavy atom. The number of likely N-dealkylation sites (tertiary alicyclic amines) is 1. The molecule has 0 bridgehead atoms. The Kier molecular flexibility index (Phi) is 7.93. The maximum Gasteiger partial charge on any atom is 0.451 e. The largest absolute Gasteiger partial charge is 0.451 e. The van der Waals surface area contributed by atoms with Gasteiger partial charge in [-0.1, -0.05) is 23.7 Å². The Morgan fingerprint density at radius 2 is 1.89 bits per heavy atom. The van der Waals surface area contributed by atoms with E-state index in [9.17, 15) is 13.2 Å². The molecule has 1 aromatic carbocycles. The highest BCUT2D eigenvalue weighted by molar-refractivity contribution is 6.30. The molecule has 3 aromatic heterocycles. The minimum Gasteiger partial charge on any atom is -0.443 e. The quantitative estimate of drug-likeness (QED) is 0.208. The summed E-state index contributed by atoms with van der Waals surface area (Å²) in [4.78, 5) is 15.3. The third-order valence-corrected chi connectivity index (χ3v) is 9.47. The molecule has 0 radical (unpaired) electrons. The van der Waals surface area contributed by atoms with Gasteiger partial charge in [-0.2, -0.15) is 18.3 Å². The Labute approximate surface area is 269 Å². The molecule has 2 fully saturated rings. The van der Waals surface area contributed by atoms with Gasteiger partial charge in [0.2, 0.25) is 5.82 Å². The van der Waals surface area contributed by atoms with Gasteiger partial charge in [0, 0.05) is 44.1 Å². The number of pyridine rings is 2. The molecule has 5 heterocycles.